The van der Waals surface area contributed by atoms with Crippen molar-refractivity contribution < 1.29 is 13.9 Å². The van der Waals surface area contributed by atoms with Gasteiger partial charge in [-0.1, -0.05) is 101 Å². The first kappa shape index (κ1) is 30.8. The molecule has 4 atom stereocenters. The molecule has 0 radical (unpaired) electrons. The minimum Gasteiger partial charge on any atom is -0.497 e. The first-order valence-corrected chi connectivity index (χ1v) is 18.0. The molecule has 2 aliphatic rings. The molecule has 0 bridgehead atoms. The van der Waals surface area contributed by atoms with Crippen molar-refractivity contribution in [2.24, 2.45) is 11.8 Å². The van der Waals surface area contributed by atoms with Crippen LogP contribution in [0.4, 0.5) is 0 Å². The van der Waals surface area contributed by atoms with E-state index in [-0.39, 0.29) is 10.6 Å². The molecule has 1 saturated carbocycles. The van der Waals surface area contributed by atoms with Crippen LogP contribution in [-0.4, -0.2) is 40.2 Å². The van der Waals surface area contributed by atoms with Crippen molar-refractivity contribution in [1.82, 2.24) is 5.32 Å². The second-order valence-electron chi connectivity index (χ2n) is 13.7. The number of hydrogen-bond acceptors (Lipinski definition) is 4. The number of benzene rings is 3. The van der Waals surface area contributed by atoms with E-state index in [1.54, 1.807) is 7.11 Å². The molecule has 0 amide bonds. The lowest BCUT2D eigenvalue weighted by Gasteiger charge is -2.47. The second kappa shape index (κ2) is 13.4. The molecule has 5 heteroatoms. The number of ether oxygens (including phenoxy) is 2. The molecule has 1 aliphatic carbocycles. The molecule has 4 nitrogen and oxygen atoms in total. The van der Waals surface area contributed by atoms with Crippen LogP contribution in [0.25, 0.3) is 0 Å². The van der Waals surface area contributed by atoms with E-state index in [1.165, 1.54) is 48.9 Å². The summed E-state index contributed by atoms with van der Waals surface area (Å²) < 4.78 is 18.8. The van der Waals surface area contributed by atoms with Gasteiger partial charge in [0.05, 0.1) is 13.7 Å². The Morgan fingerprint density at radius 2 is 1.40 bits per heavy atom. The Morgan fingerprint density at radius 3 is 1.98 bits per heavy atom. The molecular formula is C37H51NO3Si. The van der Waals surface area contributed by atoms with Gasteiger partial charge >= 0.3 is 0 Å². The molecule has 0 aromatic heterocycles. The molecular weight excluding hydrogens is 534 g/mol. The molecule has 1 spiro atoms. The maximum atomic E-state index is 7.27. The molecule has 3 aromatic rings. The summed E-state index contributed by atoms with van der Waals surface area (Å²) in [6, 6.07) is 30.5. The Labute approximate surface area is 255 Å². The fourth-order valence-corrected chi connectivity index (χ4v) is 12.6. The van der Waals surface area contributed by atoms with E-state index in [0.29, 0.717) is 17.9 Å². The van der Waals surface area contributed by atoms with Crippen LogP contribution in [0, 0.1) is 11.8 Å². The van der Waals surface area contributed by atoms with Gasteiger partial charge in [-0.15, -0.1) is 0 Å². The number of methoxy groups -OCH3 is 1. The van der Waals surface area contributed by atoms with E-state index in [9.17, 15) is 0 Å². The lowest BCUT2D eigenvalue weighted by atomic mass is 9.73. The first-order chi connectivity index (χ1) is 20.3. The van der Waals surface area contributed by atoms with Gasteiger partial charge in [-0.05, 0) is 83.6 Å². The highest BCUT2D eigenvalue weighted by Crippen LogP contribution is 2.46. The smallest absolute Gasteiger partial charge is 0.261 e. The van der Waals surface area contributed by atoms with E-state index in [2.05, 4.69) is 93.7 Å². The average Bonchev–Trinajstić information content (AvgIpc) is 3.40. The molecule has 1 aliphatic heterocycles. The van der Waals surface area contributed by atoms with Crippen LogP contribution in [0.15, 0.2) is 84.9 Å². The molecule has 1 heterocycles. The van der Waals surface area contributed by atoms with Crippen molar-refractivity contribution in [3.8, 4) is 11.5 Å². The zero-order chi connectivity index (χ0) is 29.6. The average molecular weight is 586 g/mol. The minimum atomic E-state index is -2.51. The van der Waals surface area contributed by atoms with E-state index in [0.717, 1.165) is 31.1 Å². The number of rotatable bonds is 11. The summed E-state index contributed by atoms with van der Waals surface area (Å²) in [6.07, 6.45) is 8.71. The van der Waals surface area contributed by atoms with E-state index < -0.39 is 8.32 Å². The standard InChI is InChI=1S/C37H51NO3Si/c1-29(28-40-32-22-20-31(39-5)21-23-32)35-19-13-26-37(35)25-12-14-30(38-37)24-27-41-42(36(2,3)4,33-15-8-6-9-16-33)34-17-10-7-11-18-34/h6-11,15-18,20-23,29-30,35,38H,12-14,19,24-28H2,1-5H3/t29-,30+,35+,37+/m0/s1. The predicted octanol–water partition coefficient (Wildman–Crippen LogP) is 7.36. The highest BCUT2D eigenvalue weighted by Gasteiger charge is 2.51. The lowest BCUT2D eigenvalue weighted by molar-refractivity contribution is 0.0885. The quantitative estimate of drug-likeness (QED) is 0.239. The topological polar surface area (TPSA) is 39.7 Å². The third kappa shape index (κ3) is 6.49. The summed E-state index contributed by atoms with van der Waals surface area (Å²) in [5.41, 5.74) is 0.225. The molecule has 42 heavy (non-hydrogen) atoms. The van der Waals surface area contributed by atoms with Crippen molar-refractivity contribution in [3.63, 3.8) is 0 Å². The maximum Gasteiger partial charge on any atom is 0.261 e. The van der Waals surface area contributed by atoms with Gasteiger partial charge in [0.25, 0.3) is 8.32 Å². The van der Waals surface area contributed by atoms with Crippen LogP contribution in [-0.2, 0) is 4.43 Å². The molecule has 226 valence electrons. The summed E-state index contributed by atoms with van der Waals surface area (Å²) in [4.78, 5) is 0. The first-order valence-electron chi connectivity index (χ1n) is 16.1. The molecule has 3 aromatic carbocycles. The van der Waals surface area contributed by atoms with Gasteiger partial charge < -0.3 is 19.2 Å². The summed E-state index contributed by atoms with van der Waals surface area (Å²) >= 11 is 0. The van der Waals surface area contributed by atoms with Gasteiger partial charge in [0, 0.05) is 18.2 Å². The zero-order valence-electron chi connectivity index (χ0n) is 26.4. The van der Waals surface area contributed by atoms with Crippen LogP contribution in [0.3, 0.4) is 0 Å². The molecule has 0 unspecified atom stereocenters. The Hall–Kier alpha value is -2.60. The zero-order valence-corrected chi connectivity index (χ0v) is 27.4. The van der Waals surface area contributed by atoms with Crippen LogP contribution in [0.2, 0.25) is 5.04 Å². The van der Waals surface area contributed by atoms with Crippen LogP contribution in [0.1, 0.15) is 72.6 Å². The maximum absolute atomic E-state index is 7.27. The van der Waals surface area contributed by atoms with Crippen LogP contribution < -0.4 is 25.2 Å². The molecule has 2 fully saturated rings. The minimum absolute atomic E-state index is 0.00673. The molecule has 5 rings (SSSR count). The predicted molar refractivity (Wildman–Crippen MR) is 177 cm³/mol. The van der Waals surface area contributed by atoms with Crippen molar-refractivity contribution >= 4 is 18.7 Å². The monoisotopic (exact) mass is 585 g/mol. The van der Waals surface area contributed by atoms with Gasteiger partial charge in [0.1, 0.15) is 11.5 Å². The van der Waals surface area contributed by atoms with E-state index in [4.69, 9.17) is 13.9 Å². The Kier molecular flexibility index (Phi) is 9.81. The fourth-order valence-electron chi connectivity index (χ4n) is 7.98. The second-order valence-corrected chi connectivity index (χ2v) is 18.0. The Morgan fingerprint density at radius 1 is 0.833 bits per heavy atom. The van der Waals surface area contributed by atoms with Gasteiger partial charge in [-0.3, -0.25) is 0 Å². The molecule has 1 saturated heterocycles. The van der Waals surface area contributed by atoms with Gasteiger partial charge in [0.2, 0.25) is 0 Å². The third-order valence-corrected chi connectivity index (χ3v) is 15.0. The van der Waals surface area contributed by atoms with Crippen molar-refractivity contribution in [1.29, 1.82) is 0 Å². The number of nitrogens with one attached hydrogen (secondary N) is 1. The van der Waals surface area contributed by atoms with Gasteiger partial charge in [-0.25, -0.2) is 0 Å². The van der Waals surface area contributed by atoms with Crippen LogP contribution in [0.5, 0.6) is 11.5 Å². The summed E-state index contributed by atoms with van der Waals surface area (Å²) in [5.74, 6) is 2.91. The summed E-state index contributed by atoms with van der Waals surface area (Å²) in [6.45, 7) is 11.0. The van der Waals surface area contributed by atoms with Gasteiger partial charge in [-0.2, -0.15) is 0 Å². The van der Waals surface area contributed by atoms with Crippen LogP contribution >= 0.6 is 0 Å². The highest BCUT2D eigenvalue weighted by molar-refractivity contribution is 6.99. The van der Waals surface area contributed by atoms with Crippen molar-refractivity contribution in [2.75, 3.05) is 20.3 Å². The number of piperidine rings is 1. The normalized spacial score (nSPS) is 23.5. The summed E-state index contributed by atoms with van der Waals surface area (Å²) in [5, 5.41) is 6.97. The Balaban J connectivity index is 1.26. The number of hydrogen-bond donors (Lipinski definition) is 1. The SMILES string of the molecule is COc1ccc(OC[C@H](C)[C@H]2CCC[C@]23CCC[C@H](CCO[Si](c2ccccc2)(c2ccccc2)C(C)(C)C)N3)cc1. The third-order valence-electron chi connectivity index (χ3n) is 9.98. The largest absolute Gasteiger partial charge is 0.497 e. The summed E-state index contributed by atoms with van der Waals surface area (Å²) in [7, 11) is -0.809. The lowest BCUT2D eigenvalue weighted by Crippen LogP contribution is -2.66. The van der Waals surface area contributed by atoms with Gasteiger partial charge in [0.15, 0.2) is 0 Å². The van der Waals surface area contributed by atoms with Crippen molar-refractivity contribution in [2.45, 2.75) is 89.3 Å². The highest BCUT2D eigenvalue weighted by atomic mass is 28.4. The molecule has 1 N–H and O–H groups in total. The Bertz CT molecular complexity index is 1200. The van der Waals surface area contributed by atoms with Crippen molar-refractivity contribution in [3.05, 3.63) is 84.9 Å². The fraction of sp³-hybridized carbons (Fsp3) is 0.514. The van der Waals surface area contributed by atoms with E-state index in [1.807, 2.05) is 24.3 Å². The van der Waals surface area contributed by atoms with E-state index >= 15 is 0 Å².